The Kier molecular flexibility index (Phi) is 41.3. The first kappa shape index (κ1) is 76.2. The van der Waals surface area contributed by atoms with E-state index in [0.717, 1.165) is 64.5 Å². The summed E-state index contributed by atoms with van der Waals surface area (Å²) in [6.07, 6.45) is -10.1. The van der Waals surface area contributed by atoms with E-state index in [1.807, 2.05) is 0 Å². The van der Waals surface area contributed by atoms with Gasteiger partial charge in [-0.05, 0) is 51.9 Å². The Labute approximate surface area is 485 Å². The maximum absolute atomic E-state index is 13.2. The topological polar surface area (TPSA) is 425 Å². The van der Waals surface area contributed by atoms with Crippen molar-refractivity contribution >= 4 is 11.8 Å². The molecule has 486 valence electrons. The van der Waals surface area contributed by atoms with Crippen molar-refractivity contribution < 1.29 is 110 Å². The number of carbonyl (C=O) groups excluding carboxylic acids is 2. The van der Waals surface area contributed by atoms with Crippen molar-refractivity contribution in [2.75, 3.05) is 78.8 Å². The highest BCUT2D eigenvalue weighted by atomic mass is 16.7. The van der Waals surface area contributed by atoms with Crippen LogP contribution in [0.15, 0.2) is 0 Å². The number of aliphatic hydroxyl groups is 16. The van der Waals surface area contributed by atoms with E-state index in [0.29, 0.717) is 39.0 Å². The van der Waals surface area contributed by atoms with Crippen LogP contribution in [-0.4, -0.2) is 292 Å². The second kappa shape index (κ2) is 44.5. The highest BCUT2D eigenvalue weighted by Gasteiger charge is 2.49. The number of ether oxygens (including phenoxy) is 4. The van der Waals surface area contributed by atoms with Crippen molar-refractivity contribution in [3.05, 3.63) is 0 Å². The van der Waals surface area contributed by atoms with E-state index < -0.39 is 148 Å². The third-order valence-corrected chi connectivity index (χ3v) is 15.6. The predicted octanol–water partition coefficient (Wildman–Crippen LogP) is -3.03. The number of hydrogen-bond acceptors (Lipinski definition) is 24. The molecule has 18 atom stereocenters. The molecule has 18 N–H and O–H groups in total. The summed E-state index contributed by atoms with van der Waals surface area (Å²) in [5.74, 6) is -2.05. The molecule has 2 rings (SSSR count). The Morgan fingerprint density at radius 3 is 1.00 bits per heavy atom. The standard InChI is InChI=1S/C56H110N4O22/c1-3-5-7-9-11-13-15-17-19-21-27-59(29-23-25-57-53(77)47(73)45(71)51(37(65)33-61)81-55-49(75)43(69)41(67)39(35-63)79-55)31-32-60(28-22-20-18-16-14-12-10-8-6-4-2)30-24-26-58-54(78)48(74)46(72)52(38(66)34-62)82-56-50(76)44(70)42(68)40(36-64)80-56/h37-52,55-56,61-76H,3-36H2,1-2H3,(H,57,77)(H,58,78)/t37-,38-,39-,40-,41+,42+,43+,44+,45+,46+,47-,48-,49-,50-,51-,52-,55+,56+/m1/s1. The molecule has 0 unspecified atom stereocenters. The maximum Gasteiger partial charge on any atom is 0.251 e. The summed E-state index contributed by atoms with van der Waals surface area (Å²) in [4.78, 5) is 31.0. The lowest BCUT2D eigenvalue weighted by molar-refractivity contribution is -0.326. The molecular weight excluding hydrogens is 1080 g/mol. The van der Waals surface area contributed by atoms with E-state index in [1.165, 1.54) is 77.0 Å². The third kappa shape index (κ3) is 27.8. The third-order valence-electron chi connectivity index (χ3n) is 15.6. The largest absolute Gasteiger partial charge is 0.394 e. The average molecular weight is 1190 g/mol. The van der Waals surface area contributed by atoms with Crippen LogP contribution in [0.25, 0.3) is 0 Å². The molecular formula is C56H110N4O22. The van der Waals surface area contributed by atoms with Crippen LogP contribution < -0.4 is 10.6 Å². The molecule has 0 aromatic heterocycles. The van der Waals surface area contributed by atoms with Gasteiger partial charge in [0.15, 0.2) is 24.8 Å². The van der Waals surface area contributed by atoms with E-state index in [-0.39, 0.29) is 13.1 Å². The lowest BCUT2D eigenvalue weighted by Crippen LogP contribution is -2.62. The zero-order valence-electron chi connectivity index (χ0n) is 48.9. The average Bonchev–Trinajstić information content (AvgIpc) is 3.48. The number of unbranched alkanes of at least 4 members (excludes halogenated alkanes) is 18. The molecule has 2 aliphatic rings. The number of rotatable bonds is 49. The number of aliphatic hydroxyl groups excluding tert-OH is 16. The molecule has 0 aliphatic carbocycles. The summed E-state index contributed by atoms with van der Waals surface area (Å²) >= 11 is 0. The first-order valence-electron chi connectivity index (χ1n) is 30.6. The Morgan fingerprint density at radius 1 is 0.415 bits per heavy atom. The lowest BCUT2D eigenvalue weighted by Gasteiger charge is -2.42. The fourth-order valence-corrected chi connectivity index (χ4v) is 10.2. The summed E-state index contributed by atoms with van der Waals surface area (Å²) < 4.78 is 21.5. The van der Waals surface area contributed by atoms with Crippen molar-refractivity contribution in [2.45, 2.75) is 265 Å². The molecule has 2 amide bonds. The Hall–Kier alpha value is -1.94. The Balaban J connectivity index is 2.14. The van der Waals surface area contributed by atoms with E-state index >= 15 is 0 Å². The molecule has 2 saturated heterocycles. The molecule has 0 aromatic rings. The minimum Gasteiger partial charge on any atom is -0.394 e. The fraction of sp³-hybridized carbons (Fsp3) is 0.964. The van der Waals surface area contributed by atoms with Crippen LogP contribution in [0.5, 0.6) is 0 Å². The van der Waals surface area contributed by atoms with Crippen molar-refractivity contribution in [3.8, 4) is 0 Å². The highest BCUT2D eigenvalue weighted by Crippen LogP contribution is 2.27. The van der Waals surface area contributed by atoms with Crippen LogP contribution in [0, 0.1) is 0 Å². The van der Waals surface area contributed by atoms with Crippen molar-refractivity contribution in [3.63, 3.8) is 0 Å². The van der Waals surface area contributed by atoms with Gasteiger partial charge in [0.1, 0.15) is 85.5 Å². The summed E-state index contributed by atoms with van der Waals surface area (Å²) in [5, 5.41) is 170. The summed E-state index contributed by atoms with van der Waals surface area (Å²) in [6.45, 7) is 4.79. The number of hydrogen-bond donors (Lipinski definition) is 18. The molecule has 2 heterocycles. The highest BCUT2D eigenvalue weighted by molar-refractivity contribution is 5.81. The molecule has 26 heteroatoms. The minimum atomic E-state index is -2.20. The molecule has 82 heavy (non-hydrogen) atoms. The Morgan fingerprint density at radius 2 is 0.707 bits per heavy atom. The molecule has 0 saturated carbocycles. The van der Waals surface area contributed by atoms with Gasteiger partial charge < -0.3 is 121 Å². The van der Waals surface area contributed by atoms with Crippen molar-refractivity contribution in [2.24, 2.45) is 0 Å². The second-order valence-corrected chi connectivity index (χ2v) is 22.3. The summed E-state index contributed by atoms with van der Waals surface area (Å²) in [7, 11) is 0. The second-order valence-electron chi connectivity index (χ2n) is 22.3. The number of carbonyl (C=O) groups is 2. The lowest BCUT2D eigenvalue weighted by atomic mass is 9.98. The van der Waals surface area contributed by atoms with Gasteiger partial charge in [-0.25, -0.2) is 0 Å². The van der Waals surface area contributed by atoms with Crippen LogP contribution in [0.2, 0.25) is 0 Å². The first-order valence-corrected chi connectivity index (χ1v) is 30.6. The molecule has 0 aromatic carbocycles. The maximum atomic E-state index is 13.2. The predicted molar refractivity (Wildman–Crippen MR) is 299 cm³/mol. The first-order chi connectivity index (χ1) is 39.3. The van der Waals surface area contributed by atoms with E-state index in [4.69, 9.17) is 18.9 Å². The summed E-state index contributed by atoms with van der Waals surface area (Å²) in [6, 6.07) is 0. The van der Waals surface area contributed by atoms with Gasteiger partial charge in [-0.3, -0.25) is 9.59 Å². The summed E-state index contributed by atoms with van der Waals surface area (Å²) in [5.41, 5.74) is 0. The zero-order chi connectivity index (χ0) is 61.0. The fourth-order valence-electron chi connectivity index (χ4n) is 10.2. The smallest absolute Gasteiger partial charge is 0.251 e. The molecule has 26 nitrogen and oxygen atoms in total. The molecule has 2 aliphatic heterocycles. The van der Waals surface area contributed by atoms with Gasteiger partial charge >= 0.3 is 0 Å². The van der Waals surface area contributed by atoms with Gasteiger partial charge in [0.2, 0.25) is 0 Å². The molecule has 0 spiro atoms. The molecule has 0 radical (unpaired) electrons. The zero-order valence-corrected chi connectivity index (χ0v) is 48.9. The van der Waals surface area contributed by atoms with E-state index in [2.05, 4.69) is 34.3 Å². The number of nitrogens with zero attached hydrogens (tertiary/aromatic N) is 2. The number of amides is 2. The van der Waals surface area contributed by atoms with Gasteiger partial charge in [-0.1, -0.05) is 129 Å². The van der Waals surface area contributed by atoms with Gasteiger partial charge in [-0.2, -0.15) is 0 Å². The van der Waals surface area contributed by atoms with Crippen LogP contribution in [-0.2, 0) is 28.5 Å². The monoisotopic (exact) mass is 1190 g/mol. The van der Waals surface area contributed by atoms with Crippen LogP contribution in [0.1, 0.15) is 155 Å². The van der Waals surface area contributed by atoms with Gasteiger partial charge in [0, 0.05) is 26.2 Å². The van der Waals surface area contributed by atoms with Gasteiger partial charge in [-0.15, -0.1) is 0 Å². The van der Waals surface area contributed by atoms with Crippen molar-refractivity contribution in [1.29, 1.82) is 0 Å². The molecule has 0 bridgehead atoms. The van der Waals surface area contributed by atoms with Crippen LogP contribution >= 0.6 is 0 Å². The quantitative estimate of drug-likeness (QED) is 0.0269. The van der Waals surface area contributed by atoms with Crippen LogP contribution in [0.3, 0.4) is 0 Å². The minimum absolute atomic E-state index is 0.0695. The van der Waals surface area contributed by atoms with E-state index in [9.17, 15) is 91.3 Å². The SMILES string of the molecule is CCCCCCCCCCCCN(CCCNC(=O)[C@H](O)[C@H](O)[C@H](O[C@@H]1O[C@H](CO)[C@H](O)[C@H](O)[C@H]1O)[C@H](O)CO)CCN(CCCCCCCCCCCC)CCCNC(=O)[C@H](O)[C@H](O)[C@H](O[C@@H]1O[C@H](CO)[C@H](O)[C@H](O)[C@H]1O)[C@H](O)CO. The van der Waals surface area contributed by atoms with Crippen molar-refractivity contribution in [1.82, 2.24) is 20.4 Å². The van der Waals surface area contributed by atoms with Crippen LogP contribution in [0.4, 0.5) is 0 Å². The molecule has 2 fully saturated rings. The Bertz CT molecular complexity index is 1490. The normalized spacial score (nSPS) is 26.3. The van der Waals surface area contributed by atoms with E-state index in [1.54, 1.807) is 0 Å². The number of nitrogens with one attached hydrogen (secondary N) is 2. The van der Waals surface area contributed by atoms with Gasteiger partial charge in [0.05, 0.1) is 26.4 Å². The van der Waals surface area contributed by atoms with Gasteiger partial charge in [0.25, 0.3) is 11.8 Å².